The number of sulfonamides is 1. The number of benzene rings is 3. The zero-order chi connectivity index (χ0) is 28.2. The number of hydrogen-bond donors (Lipinski definition) is 1. The fraction of sp³-hybridized carbons (Fsp3) is 0.148. The van der Waals surface area contributed by atoms with E-state index >= 15 is 0 Å². The lowest BCUT2D eigenvalue weighted by Gasteiger charge is -2.24. The number of pyridine rings is 1. The molecule has 0 aliphatic heterocycles. The Morgan fingerprint density at radius 1 is 1.05 bits per heavy atom. The van der Waals surface area contributed by atoms with Crippen LogP contribution in [0.5, 0.6) is 11.5 Å². The summed E-state index contributed by atoms with van der Waals surface area (Å²) in [6, 6.07) is 16.2. The molecule has 3 aromatic carbocycles. The average Bonchev–Trinajstić information content (AvgIpc) is 2.92. The molecule has 0 fully saturated rings. The van der Waals surface area contributed by atoms with Crippen molar-refractivity contribution in [1.82, 2.24) is 10.4 Å². The normalized spacial score (nSPS) is 11.5. The molecule has 1 aromatic heterocycles. The van der Waals surface area contributed by atoms with Gasteiger partial charge in [-0.15, -0.1) is 0 Å². The molecule has 0 radical (unpaired) electrons. The Kier molecular flexibility index (Phi) is 8.32. The molecule has 0 saturated heterocycles. The van der Waals surface area contributed by atoms with E-state index in [0.717, 1.165) is 32.9 Å². The maximum atomic E-state index is 13.6. The highest BCUT2D eigenvalue weighted by Gasteiger charge is 2.28. The Labute approximate surface area is 229 Å². The third-order valence-corrected chi connectivity index (χ3v) is 7.76. The molecule has 1 N–H and O–H groups in total. The van der Waals surface area contributed by atoms with Gasteiger partial charge in [0.25, 0.3) is 15.9 Å². The highest BCUT2D eigenvalue weighted by Crippen LogP contribution is 2.32. The minimum Gasteiger partial charge on any atom is -0.493 e. The number of halogens is 2. The number of carbonyl (C=O) groups is 1. The van der Waals surface area contributed by atoms with Crippen LogP contribution in [0.15, 0.2) is 76.7 Å². The Balaban J connectivity index is 1.59. The quantitative estimate of drug-likeness (QED) is 0.177. The molecule has 0 bridgehead atoms. The molecular weight excluding hydrogens is 547 g/mol. The summed E-state index contributed by atoms with van der Waals surface area (Å²) in [6.45, 7) is 1.29. The van der Waals surface area contributed by atoms with E-state index in [-0.39, 0.29) is 21.5 Å². The van der Waals surface area contributed by atoms with Crippen LogP contribution in [0.4, 0.5) is 10.1 Å². The molecule has 0 atom stereocenters. The first-order valence-electron chi connectivity index (χ1n) is 11.5. The van der Waals surface area contributed by atoms with Crippen LogP contribution in [-0.4, -0.2) is 46.3 Å². The monoisotopic (exact) mass is 570 g/mol. The van der Waals surface area contributed by atoms with Gasteiger partial charge >= 0.3 is 0 Å². The van der Waals surface area contributed by atoms with Crippen molar-refractivity contribution in [2.45, 2.75) is 11.8 Å². The lowest BCUT2D eigenvalue weighted by Crippen LogP contribution is -2.39. The second kappa shape index (κ2) is 11.7. The van der Waals surface area contributed by atoms with Crippen molar-refractivity contribution in [2.75, 3.05) is 25.1 Å². The summed E-state index contributed by atoms with van der Waals surface area (Å²) in [7, 11) is -1.51. The van der Waals surface area contributed by atoms with Crippen molar-refractivity contribution >= 4 is 50.3 Å². The van der Waals surface area contributed by atoms with E-state index in [1.807, 2.05) is 25.1 Å². The lowest BCUT2D eigenvalue weighted by atomic mass is 10.1. The molecule has 4 rings (SSSR count). The van der Waals surface area contributed by atoms with Gasteiger partial charge in [-0.3, -0.25) is 9.10 Å². The van der Waals surface area contributed by atoms with E-state index < -0.39 is 28.3 Å². The number of aryl methyl sites for hydroxylation is 1. The second-order valence-corrected chi connectivity index (χ2v) is 10.6. The van der Waals surface area contributed by atoms with Gasteiger partial charge in [-0.1, -0.05) is 23.7 Å². The summed E-state index contributed by atoms with van der Waals surface area (Å²) >= 11 is 6.27. The molecule has 4 aromatic rings. The van der Waals surface area contributed by atoms with E-state index in [1.165, 1.54) is 50.8 Å². The molecule has 0 unspecified atom stereocenters. The first-order valence-corrected chi connectivity index (χ1v) is 13.3. The molecule has 39 heavy (non-hydrogen) atoms. The van der Waals surface area contributed by atoms with Crippen molar-refractivity contribution in [3.8, 4) is 11.5 Å². The first-order chi connectivity index (χ1) is 18.6. The van der Waals surface area contributed by atoms with Gasteiger partial charge in [0.05, 0.1) is 36.5 Å². The van der Waals surface area contributed by atoms with Crippen LogP contribution in [0.25, 0.3) is 10.9 Å². The number of rotatable bonds is 9. The summed E-state index contributed by atoms with van der Waals surface area (Å²) < 4.78 is 52.0. The predicted molar refractivity (Wildman–Crippen MR) is 148 cm³/mol. The molecule has 0 aliphatic carbocycles. The number of nitrogens with zero attached hydrogens (tertiary/aromatic N) is 3. The van der Waals surface area contributed by atoms with Gasteiger partial charge in [-0.2, -0.15) is 5.10 Å². The van der Waals surface area contributed by atoms with Gasteiger partial charge in [0.15, 0.2) is 11.5 Å². The number of hydrazone groups is 1. The minimum atomic E-state index is -4.30. The first kappa shape index (κ1) is 27.8. The predicted octanol–water partition coefficient (Wildman–Crippen LogP) is 4.70. The van der Waals surface area contributed by atoms with Gasteiger partial charge in [0.2, 0.25) is 0 Å². The summed E-state index contributed by atoms with van der Waals surface area (Å²) in [5.41, 5.74) is 4.60. The molecule has 0 saturated carbocycles. The van der Waals surface area contributed by atoms with Crippen LogP contribution in [0.2, 0.25) is 5.15 Å². The van der Waals surface area contributed by atoms with Crippen LogP contribution in [-0.2, 0) is 14.8 Å². The van der Waals surface area contributed by atoms with Crippen LogP contribution in [0.1, 0.15) is 11.1 Å². The van der Waals surface area contributed by atoms with Gasteiger partial charge < -0.3 is 9.47 Å². The third kappa shape index (κ3) is 6.27. The number of fused-ring (bicyclic) bond motifs is 1. The highest BCUT2D eigenvalue weighted by molar-refractivity contribution is 7.92. The molecular formula is C27H24ClFN4O5S. The van der Waals surface area contributed by atoms with Crippen molar-refractivity contribution in [3.63, 3.8) is 0 Å². The number of carbonyl (C=O) groups excluding carboxylic acids is 1. The number of amides is 1. The number of methoxy groups -OCH3 is 2. The number of aromatic nitrogens is 1. The summed E-state index contributed by atoms with van der Waals surface area (Å²) in [6.07, 6.45) is 1.32. The average molecular weight is 571 g/mol. The Hall–Kier alpha value is -4.22. The lowest BCUT2D eigenvalue weighted by molar-refractivity contribution is -0.119. The van der Waals surface area contributed by atoms with Crippen molar-refractivity contribution in [2.24, 2.45) is 5.10 Å². The van der Waals surface area contributed by atoms with Crippen molar-refractivity contribution < 1.29 is 27.1 Å². The third-order valence-electron chi connectivity index (χ3n) is 5.69. The van der Waals surface area contributed by atoms with Crippen molar-refractivity contribution in [1.29, 1.82) is 0 Å². The van der Waals surface area contributed by atoms with Gasteiger partial charge in [0.1, 0.15) is 17.5 Å². The summed E-state index contributed by atoms with van der Waals surface area (Å²) in [5.74, 6) is -0.802. The fourth-order valence-electron chi connectivity index (χ4n) is 3.73. The number of nitrogens with one attached hydrogen (secondary N) is 1. The number of hydrogen-bond acceptors (Lipinski definition) is 7. The standard InChI is InChI=1S/C27H24ClFN4O5S/c1-17-4-5-18-13-19(27(28)31-23(18)12-17)15-30-32-26(34)16-33(21-8-6-20(29)7-9-21)39(35,36)22-10-11-24(37-2)25(14-22)38-3/h4-15H,16H2,1-3H3,(H,32,34)/b30-15-. The molecule has 1 amide bonds. The van der Waals surface area contributed by atoms with E-state index in [9.17, 15) is 17.6 Å². The molecule has 9 nitrogen and oxygen atoms in total. The zero-order valence-corrected chi connectivity index (χ0v) is 22.8. The Bertz CT molecular complexity index is 1660. The smallest absolute Gasteiger partial charge is 0.264 e. The van der Waals surface area contributed by atoms with Crippen molar-refractivity contribution in [3.05, 3.63) is 88.8 Å². The van der Waals surface area contributed by atoms with E-state index in [4.69, 9.17) is 21.1 Å². The van der Waals surface area contributed by atoms with Gasteiger partial charge in [-0.25, -0.2) is 23.2 Å². The molecule has 1 heterocycles. The molecule has 0 aliphatic rings. The SMILES string of the molecule is COc1ccc(S(=O)(=O)N(CC(=O)N/N=C\c2cc3ccc(C)cc3nc2Cl)c2ccc(F)cc2)cc1OC. The van der Waals surface area contributed by atoms with E-state index in [2.05, 4.69) is 15.5 Å². The number of ether oxygens (including phenoxy) is 2. The van der Waals surface area contributed by atoms with Crippen LogP contribution >= 0.6 is 11.6 Å². The largest absolute Gasteiger partial charge is 0.493 e. The highest BCUT2D eigenvalue weighted by atomic mass is 35.5. The van der Waals surface area contributed by atoms with Crippen LogP contribution < -0.4 is 19.2 Å². The maximum absolute atomic E-state index is 13.6. The topological polar surface area (TPSA) is 110 Å². The van der Waals surface area contributed by atoms with Crippen LogP contribution in [0, 0.1) is 12.7 Å². The number of anilines is 1. The Morgan fingerprint density at radius 3 is 2.46 bits per heavy atom. The summed E-state index contributed by atoms with van der Waals surface area (Å²) in [4.78, 5) is 17.0. The summed E-state index contributed by atoms with van der Waals surface area (Å²) in [5, 5.41) is 4.95. The Morgan fingerprint density at radius 2 is 1.77 bits per heavy atom. The van der Waals surface area contributed by atoms with Gasteiger partial charge in [-0.05, 0) is 61.0 Å². The second-order valence-electron chi connectivity index (χ2n) is 8.36. The maximum Gasteiger partial charge on any atom is 0.264 e. The molecule has 202 valence electrons. The molecule has 12 heteroatoms. The molecule has 0 spiro atoms. The fourth-order valence-corrected chi connectivity index (χ4v) is 5.36. The van der Waals surface area contributed by atoms with Crippen LogP contribution in [0.3, 0.4) is 0 Å². The van der Waals surface area contributed by atoms with E-state index in [1.54, 1.807) is 6.07 Å². The van der Waals surface area contributed by atoms with E-state index in [0.29, 0.717) is 11.3 Å². The minimum absolute atomic E-state index is 0.0716. The zero-order valence-electron chi connectivity index (χ0n) is 21.2. The van der Waals surface area contributed by atoms with Gasteiger partial charge in [0, 0.05) is 17.0 Å².